The SMILES string of the molecule is NCSc1ccc(F)cc1. The van der Waals surface area contributed by atoms with Gasteiger partial charge in [0.05, 0.1) is 0 Å². The Labute approximate surface area is 63.4 Å². The van der Waals surface area contributed by atoms with Gasteiger partial charge in [0.15, 0.2) is 0 Å². The topological polar surface area (TPSA) is 26.0 Å². The number of benzene rings is 1. The maximum absolute atomic E-state index is 12.3. The van der Waals surface area contributed by atoms with Crippen LogP contribution in [0.5, 0.6) is 0 Å². The molecule has 10 heavy (non-hydrogen) atoms. The number of thioether (sulfide) groups is 1. The Hall–Kier alpha value is -0.540. The zero-order valence-electron chi connectivity index (χ0n) is 5.38. The highest BCUT2D eigenvalue weighted by Crippen LogP contribution is 2.15. The van der Waals surface area contributed by atoms with Crippen molar-refractivity contribution in [2.24, 2.45) is 5.73 Å². The molecular formula is C7H8FNS. The third-order valence-corrected chi connectivity index (χ3v) is 1.84. The van der Waals surface area contributed by atoms with Crippen LogP contribution >= 0.6 is 11.8 Å². The van der Waals surface area contributed by atoms with Crippen molar-refractivity contribution < 1.29 is 4.39 Å². The summed E-state index contributed by atoms with van der Waals surface area (Å²) >= 11 is 1.50. The largest absolute Gasteiger partial charge is 0.322 e. The zero-order chi connectivity index (χ0) is 7.40. The maximum Gasteiger partial charge on any atom is 0.123 e. The molecule has 0 saturated carbocycles. The molecular weight excluding hydrogens is 149 g/mol. The van der Waals surface area contributed by atoms with Crippen LogP contribution in [0.15, 0.2) is 29.2 Å². The maximum atomic E-state index is 12.3. The van der Waals surface area contributed by atoms with E-state index in [0.29, 0.717) is 5.88 Å². The Morgan fingerprint density at radius 3 is 2.40 bits per heavy atom. The Morgan fingerprint density at radius 2 is 1.90 bits per heavy atom. The van der Waals surface area contributed by atoms with Gasteiger partial charge in [0, 0.05) is 10.8 Å². The average molecular weight is 157 g/mol. The van der Waals surface area contributed by atoms with Crippen molar-refractivity contribution in [2.75, 3.05) is 5.88 Å². The molecule has 0 bridgehead atoms. The van der Waals surface area contributed by atoms with Gasteiger partial charge in [-0.1, -0.05) is 0 Å². The van der Waals surface area contributed by atoms with Crippen molar-refractivity contribution >= 4 is 11.8 Å². The van der Waals surface area contributed by atoms with E-state index in [4.69, 9.17) is 5.73 Å². The van der Waals surface area contributed by atoms with Crippen LogP contribution in [0.3, 0.4) is 0 Å². The summed E-state index contributed by atoms with van der Waals surface area (Å²) in [6, 6.07) is 6.29. The van der Waals surface area contributed by atoms with Crippen LogP contribution in [-0.4, -0.2) is 5.88 Å². The van der Waals surface area contributed by atoms with Crippen molar-refractivity contribution in [3.8, 4) is 0 Å². The molecule has 1 aromatic carbocycles. The Balaban J connectivity index is 2.69. The van der Waals surface area contributed by atoms with E-state index >= 15 is 0 Å². The molecule has 3 heteroatoms. The molecule has 0 spiro atoms. The molecule has 0 amide bonds. The predicted octanol–water partition coefficient (Wildman–Crippen LogP) is 1.83. The van der Waals surface area contributed by atoms with Crippen molar-refractivity contribution in [3.05, 3.63) is 30.1 Å². The number of nitrogens with two attached hydrogens (primary N) is 1. The lowest BCUT2D eigenvalue weighted by Gasteiger charge is -1.95. The Kier molecular flexibility index (Phi) is 2.71. The first-order valence-electron chi connectivity index (χ1n) is 2.91. The van der Waals surface area contributed by atoms with Gasteiger partial charge in [-0.05, 0) is 24.3 Å². The summed E-state index contributed by atoms with van der Waals surface area (Å²) in [4.78, 5) is 1.00. The molecule has 0 fully saturated rings. The molecule has 0 unspecified atom stereocenters. The van der Waals surface area contributed by atoms with Gasteiger partial charge in [-0.15, -0.1) is 11.8 Å². The van der Waals surface area contributed by atoms with Crippen molar-refractivity contribution in [3.63, 3.8) is 0 Å². The van der Waals surface area contributed by atoms with Crippen molar-refractivity contribution in [1.82, 2.24) is 0 Å². The fraction of sp³-hybridized carbons (Fsp3) is 0.143. The molecule has 1 nitrogen and oxygen atoms in total. The average Bonchev–Trinajstić information content (AvgIpc) is 1.95. The summed E-state index contributed by atoms with van der Waals surface area (Å²) in [5, 5.41) is 0. The summed E-state index contributed by atoms with van der Waals surface area (Å²) in [6.45, 7) is 0. The lowest BCUT2D eigenvalue weighted by Crippen LogP contribution is -1.91. The molecule has 0 saturated heterocycles. The van der Waals surface area contributed by atoms with Gasteiger partial charge < -0.3 is 5.73 Å². The third kappa shape index (κ3) is 2.01. The van der Waals surface area contributed by atoms with E-state index in [1.165, 1.54) is 23.9 Å². The smallest absolute Gasteiger partial charge is 0.123 e. The van der Waals surface area contributed by atoms with Crippen molar-refractivity contribution in [1.29, 1.82) is 0 Å². The van der Waals surface area contributed by atoms with Crippen LogP contribution < -0.4 is 5.73 Å². The first-order valence-corrected chi connectivity index (χ1v) is 3.90. The van der Waals surface area contributed by atoms with E-state index in [1.54, 1.807) is 12.1 Å². The second-order valence-corrected chi connectivity index (χ2v) is 2.86. The second-order valence-electron chi connectivity index (χ2n) is 1.76. The summed E-state index contributed by atoms with van der Waals surface area (Å²) in [6.07, 6.45) is 0. The molecule has 0 atom stereocenters. The quantitative estimate of drug-likeness (QED) is 0.523. The minimum Gasteiger partial charge on any atom is -0.322 e. The van der Waals surface area contributed by atoms with Gasteiger partial charge in [0.25, 0.3) is 0 Å². The van der Waals surface area contributed by atoms with Crippen LogP contribution in [0.2, 0.25) is 0 Å². The molecule has 0 aliphatic rings. The number of hydrogen-bond donors (Lipinski definition) is 1. The van der Waals surface area contributed by atoms with Gasteiger partial charge in [0.1, 0.15) is 5.82 Å². The van der Waals surface area contributed by atoms with Crippen LogP contribution in [0.4, 0.5) is 4.39 Å². The molecule has 0 heterocycles. The summed E-state index contributed by atoms with van der Waals surface area (Å²) in [5.74, 6) is 0.326. The molecule has 1 aromatic rings. The van der Waals surface area contributed by atoms with Gasteiger partial charge >= 0.3 is 0 Å². The molecule has 0 aliphatic heterocycles. The minimum absolute atomic E-state index is 0.207. The van der Waals surface area contributed by atoms with E-state index < -0.39 is 0 Å². The highest BCUT2D eigenvalue weighted by atomic mass is 32.2. The standard InChI is InChI=1S/C7H8FNS/c8-6-1-3-7(4-2-6)10-5-9/h1-4H,5,9H2. The fourth-order valence-electron chi connectivity index (χ4n) is 0.627. The highest BCUT2D eigenvalue weighted by Gasteiger charge is 1.90. The first-order chi connectivity index (χ1) is 4.83. The van der Waals surface area contributed by atoms with E-state index in [2.05, 4.69) is 0 Å². The third-order valence-electron chi connectivity index (χ3n) is 1.06. The van der Waals surface area contributed by atoms with E-state index in [9.17, 15) is 4.39 Å². The molecule has 1 rings (SSSR count). The number of hydrogen-bond acceptors (Lipinski definition) is 2. The lowest BCUT2D eigenvalue weighted by atomic mass is 10.4. The molecule has 0 aromatic heterocycles. The van der Waals surface area contributed by atoms with E-state index in [-0.39, 0.29) is 5.82 Å². The normalized spacial score (nSPS) is 9.80. The second kappa shape index (κ2) is 3.58. The summed E-state index contributed by atoms with van der Waals surface area (Å²) in [7, 11) is 0. The van der Waals surface area contributed by atoms with Gasteiger partial charge in [-0.25, -0.2) is 4.39 Å². The zero-order valence-corrected chi connectivity index (χ0v) is 6.20. The highest BCUT2D eigenvalue weighted by molar-refractivity contribution is 7.99. The molecule has 2 N–H and O–H groups in total. The van der Waals surface area contributed by atoms with Gasteiger partial charge in [-0.3, -0.25) is 0 Å². The summed E-state index contributed by atoms with van der Waals surface area (Å²) < 4.78 is 12.3. The Morgan fingerprint density at radius 1 is 1.30 bits per heavy atom. The molecule has 54 valence electrons. The van der Waals surface area contributed by atoms with E-state index in [1.807, 2.05) is 0 Å². The van der Waals surface area contributed by atoms with E-state index in [0.717, 1.165) is 4.90 Å². The summed E-state index contributed by atoms with van der Waals surface area (Å²) in [5.41, 5.74) is 5.27. The molecule has 0 radical (unpaired) electrons. The van der Waals surface area contributed by atoms with Crippen LogP contribution in [0.25, 0.3) is 0 Å². The first kappa shape index (κ1) is 7.57. The van der Waals surface area contributed by atoms with Gasteiger partial charge in [0.2, 0.25) is 0 Å². The number of rotatable bonds is 2. The molecule has 0 aliphatic carbocycles. The van der Waals surface area contributed by atoms with Crippen molar-refractivity contribution in [2.45, 2.75) is 4.90 Å². The number of halogens is 1. The fourth-order valence-corrected chi connectivity index (χ4v) is 1.15. The lowest BCUT2D eigenvalue weighted by molar-refractivity contribution is 0.626. The monoisotopic (exact) mass is 157 g/mol. The Bertz CT molecular complexity index is 197. The van der Waals surface area contributed by atoms with Gasteiger partial charge in [-0.2, -0.15) is 0 Å². The predicted molar refractivity (Wildman–Crippen MR) is 41.3 cm³/mol. The van der Waals surface area contributed by atoms with Crippen LogP contribution in [-0.2, 0) is 0 Å². The minimum atomic E-state index is -0.207. The van der Waals surface area contributed by atoms with Crippen LogP contribution in [0.1, 0.15) is 0 Å². The van der Waals surface area contributed by atoms with Crippen LogP contribution in [0, 0.1) is 5.82 Å².